The molecule has 1 aromatic heterocycles. The number of ether oxygens (including phenoxy) is 2. The number of hydrogen-bond donors (Lipinski definition) is 1. The third kappa shape index (κ3) is 6.07. The van der Waals surface area contributed by atoms with E-state index in [0.29, 0.717) is 5.56 Å². The number of pyridine rings is 1. The van der Waals surface area contributed by atoms with Crippen LogP contribution >= 0.6 is 0 Å². The lowest BCUT2D eigenvalue weighted by molar-refractivity contribution is -0.384. The van der Waals surface area contributed by atoms with Gasteiger partial charge in [0, 0.05) is 30.1 Å². The molecular formula is C18H19N3O6. The molecule has 1 heterocycles. The number of hydrogen-bond acceptors (Lipinski definition) is 7. The van der Waals surface area contributed by atoms with Gasteiger partial charge in [0.2, 0.25) is 0 Å². The number of benzene rings is 1. The fourth-order valence-electron chi connectivity index (χ4n) is 2.11. The number of nitro groups is 1. The van der Waals surface area contributed by atoms with Crippen molar-refractivity contribution in [3.05, 3.63) is 64.5 Å². The maximum atomic E-state index is 12.3. The van der Waals surface area contributed by atoms with E-state index in [1.54, 1.807) is 38.4 Å². The van der Waals surface area contributed by atoms with Crippen molar-refractivity contribution in [3.8, 4) is 5.75 Å². The predicted octanol–water partition coefficient (Wildman–Crippen LogP) is 2.85. The standard InChI is InChI=1S/C18H19N3O6/c1-12(2)16(20-18(23)26-11-13-4-3-9-19-10-13)17(22)27-15-7-5-14(6-8-15)21(24)25/h3-10,12,16H,11H2,1-2H3,(H,20,23)/t16-/m0/s1. The van der Waals surface area contributed by atoms with E-state index in [0.717, 1.165) is 0 Å². The number of nitro benzene ring substituents is 1. The van der Waals surface area contributed by atoms with E-state index >= 15 is 0 Å². The summed E-state index contributed by atoms with van der Waals surface area (Å²) >= 11 is 0. The van der Waals surface area contributed by atoms with Crippen molar-refractivity contribution >= 4 is 17.7 Å². The predicted molar refractivity (Wildman–Crippen MR) is 94.9 cm³/mol. The Bertz CT molecular complexity index is 793. The van der Waals surface area contributed by atoms with Gasteiger partial charge in [-0.05, 0) is 24.1 Å². The third-order valence-electron chi connectivity index (χ3n) is 3.55. The van der Waals surface area contributed by atoms with Crippen molar-refractivity contribution < 1.29 is 24.0 Å². The molecule has 0 saturated carbocycles. The van der Waals surface area contributed by atoms with Crippen LogP contribution in [0.25, 0.3) is 0 Å². The molecule has 27 heavy (non-hydrogen) atoms. The second-order valence-electron chi connectivity index (χ2n) is 5.98. The van der Waals surface area contributed by atoms with Gasteiger partial charge in [0.25, 0.3) is 5.69 Å². The van der Waals surface area contributed by atoms with Crippen molar-refractivity contribution in [2.45, 2.75) is 26.5 Å². The first-order chi connectivity index (χ1) is 12.9. The fraction of sp³-hybridized carbons (Fsp3) is 0.278. The van der Waals surface area contributed by atoms with Gasteiger partial charge >= 0.3 is 12.1 Å². The third-order valence-corrected chi connectivity index (χ3v) is 3.55. The molecule has 0 bridgehead atoms. The first kappa shape index (κ1) is 19.8. The Morgan fingerprint density at radius 2 is 1.93 bits per heavy atom. The molecule has 0 fully saturated rings. The molecule has 1 N–H and O–H groups in total. The Balaban J connectivity index is 1.93. The quantitative estimate of drug-likeness (QED) is 0.343. The SMILES string of the molecule is CC(C)[C@H](NC(=O)OCc1cccnc1)C(=O)Oc1ccc([N+](=O)[O-])cc1. The molecule has 0 aliphatic carbocycles. The van der Waals surface area contributed by atoms with Gasteiger partial charge in [-0.1, -0.05) is 19.9 Å². The van der Waals surface area contributed by atoms with E-state index < -0.39 is 23.0 Å². The largest absolute Gasteiger partial charge is 0.445 e. The molecule has 0 aliphatic heterocycles. The van der Waals surface area contributed by atoms with Crippen molar-refractivity contribution in [2.24, 2.45) is 5.92 Å². The second kappa shape index (κ2) is 9.27. The highest BCUT2D eigenvalue weighted by molar-refractivity contribution is 5.83. The maximum absolute atomic E-state index is 12.3. The number of aromatic nitrogens is 1. The average Bonchev–Trinajstić information content (AvgIpc) is 2.65. The highest BCUT2D eigenvalue weighted by Gasteiger charge is 2.27. The summed E-state index contributed by atoms with van der Waals surface area (Å²) in [6, 6.07) is 7.60. The first-order valence-corrected chi connectivity index (χ1v) is 8.15. The van der Waals surface area contributed by atoms with Crippen LogP contribution in [0.3, 0.4) is 0 Å². The minimum Gasteiger partial charge on any atom is -0.445 e. The Kier molecular flexibility index (Phi) is 6.81. The summed E-state index contributed by atoms with van der Waals surface area (Å²) in [4.78, 5) is 38.3. The van der Waals surface area contributed by atoms with Gasteiger partial charge in [0.1, 0.15) is 18.4 Å². The zero-order valence-electron chi connectivity index (χ0n) is 14.8. The first-order valence-electron chi connectivity index (χ1n) is 8.15. The normalized spacial score (nSPS) is 11.5. The number of alkyl carbamates (subject to hydrolysis) is 1. The van der Waals surface area contributed by atoms with E-state index in [9.17, 15) is 19.7 Å². The van der Waals surface area contributed by atoms with Gasteiger partial charge in [-0.2, -0.15) is 0 Å². The molecule has 9 heteroatoms. The zero-order valence-corrected chi connectivity index (χ0v) is 14.8. The lowest BCUT2D eigenvalue weighted by atomic mass is 10.1. The lowest BCUT2D eigenvalue weighted by Crippen LogP contribution is -2.46. The topological polar surface area (TPSA) is 121 Å². The summed E-state index contributed by atoms with van der Waals surface area (Å²) in [5.74, 6) is -0.819. The van der Waals surface area contributed by atoms with E-state index in [2.05, 4.69) is 10.3 Å². The summed E-state index contributed by atoms with van der Waals surface area (Å²) in [6.45, 7) is 3.49. The number of esters is 1. The molecule has 1 amide bonds. The molecule has 9 nitrogen and oxygen atoms in total. The van der Waals surface area contributed by atoms with E-state index in [1.165, 1.54) is 24.3 Å². The molecule has 2 rings (SSSR count). The van der Waals surface area contributed by atoms with E-state index in [-0.39, 0.29) is 24.0 Å². The van der Waals surface area contributed by atoms with Crippen LogP contribution in [-0.4, -0.2) is 28.0 Å². The summed E-state index contributed by atoms with van der Waals surface area (Å²) in [6.07, 6.45) is 2.40. The molecule has 0 aliphatic rings. The fourth-order valence-corrected chi connectivity index (χ4v) is 2.11. The van der Waals surface area contributed by atoms with Gasteiger partial charge < -0.3 is 14.8 Å². The monoisotopic (exact) mass is 373 g/mol. The number of rotatable bonds is 7. The highest BCUT2D eigenvalue weighted by Crippen LogP contribution is 2.18. The van der Waals surface area contributed by atoms with Crippen LogP contribution in [0, 0.1) is 16.0 Å². The molecule has 0 saturated heterocycles. The Hall–Kier alpha value is -3.49. The van der Waals surface area contributed by atoms with Crippen molar-refractivity contribution in [2.75, 3.05) is 0 Å². The number of carbonyl (C=O) groups excluding carboxylic acids is 2. The Morgan fingerprint density at radius 3 is 2.48 bits per heavy atom. The van der Waals surface area contributed by atoms with E-state index in [4.69, 9.17) is 9.47 Å². The minimum atomic E-state index is -0.943. The maximum Gasteiger partial charge on any atom is 0.408 e. The molecule has 1 aromatic carbocycles. The molecule has 1 atom stereocenters. The highest BCUT2D eigenvalue weighted by atomic mass is 16.6. The van der Waals surface area contributed by atoms with E-state index in [1.807, 2.05) is 0 Å². The van der Waals surface area contributed by atoms with Crippen LogP contribution in [0.5, 0.6) is 5.75 Å². The number of non-ortho nitro benzene ring substituents is 1. The van der Waals surface area contributed by atoms with Crippen LogP contribution in [0.15, 0.2) is 48.8 Å². The molecule has 142 valence electrons. The molecule has 0 radical (unpaired) electrons. The van der Waals surface area contributed by atoms with Crippen molar-refractivity contribution in [3.63, 3.8) is 0 Å². The van der Waals surface area contributed by atoms with Crippen LogP contribution in [-0.2, 0) is 16.1 Å². The average molecular weight is 373 g/mol. The smallest absolute Gasteiger partial charge is 0.408 e. The van der Waals surface area contributed by atoms with Crippen LogP contribution in [0.2, 0.25) is 0 Å². The van der Waals surface area contributed by atoms with Crippen LogP contribution in [0.1, 0.15) is 19.4 Å². The lowest BCUT2D eigenvalue weighted by Gasteiger charge is -2.20. The molecule has 2 aromatic rings. The molecule has 0 unspecified atom stereocenters. The number of nitrogens with zero attached hydrogens (tertiary/aromatic N) is 2. The molecular weight excluding hydrogens is 354 g/mol. The van der Waals surface area contributed by atoms with Crippen LogP contribution in [0.4, 0.5) is 10.5 Å². The van der Waals surface area contributed by atoms with Crippen molar-refractivity contribution in [1.29, 1.82) is 0 Å². The zero-order chi connectivity index (χ0) is 19.8. The van der Waals surface area contributed by atoms with Gasteiger partial charge in [-0.3, -0.25) is 15.1 Å². The summed E-state index contributed by atoms with van der Waals surface area (Å²) in [7, 11) is 0. The van der Waals surface area contributed by atoms with Gasteiger partial charge in [0.05, 0.1) is 4.92 Å². The van der Waals surface area contributed by atoms with Crippen LogP contribution < -0.4 is 10.1 Å². The second-order valence-corrected chi connectivity index (χ2v) is 5.98. The Labute approximate surface area is 155 Å². The van der Waals surface area contributed by atoms with Gasteiger partial charge in [-0.25, -0.2) is 9.59 Å². The van der Waals surface area contributed by atoms with Crippen molar-refractivity contribution in [1.82, 2.24) is 10.3 Å². The van der Waals surface area contributed by atoms with Gasteiger partial charge in [-0.15, -0.1) is 0 Å². The minimum absolute atomic E-state index is 0.0158. The summed E-state index contributed by atoms with van der Waals surface area (Å²) < 4.78 is 10.3. The number of amides is 1. The van der Waals surface area contributed by atoms with Gasteiger partial charge in [0.15, 0.2) is 0 Å². The summed E-state index contributed by atoms with van der Waals surface area (Å²) in [5, 5.41) is 13.1. The summed E-state index contributed by atoms with van der Waals surface area (Å²) in [5.41, 5.74) is 0.592. The molecule has 0 spiro atoms. The number of carbonyl (C=O) groups is 2. The number of nitrogens with one attached hydrogen (secondary N) is 1. The Morgan fingerprint density at radius 1 is 1.22 bits per heavy atom.